The standard InChI is InChI=1S/C10H16N2O2/c1-7(5-11)12-6-8-3-2-4-9(8)10(13)14/h7-9,12H,2-4,6H2,1H3,(H,13,14). The van der Waals surface area contributed by atoms with Gasteiger partial charge < -0.3 is 10.4 Å². The number of carbonyl (C=O) groups is 1. The van der Waals surface area contributed by atoms with Crippen LogP contribution in [-0.4, -0.2) is 23.7 Å². The van der Waals surface area contributed by atoms with Crippen LogP contribution >= 0.6 is 0 Å². The second-order valence-electron chi connectivity index (χ2n) is 3.89. The lowest BCUT2D eigenvalue weighted by atomic mass is 9.96. The van der Waals surface area contributed by atoms with E-state index >= 15 is 0 Å². The molecule has 1 saturated carbocycles. The molecule has 1 aliphatic rings. The number of aliphatic carboxylic acids is 1. The van der Waals surface area contributed by atoms with Crippen LogP contribution < -0.4 is 5.32 Å². The smallest absolute Gasteiger partial charge is 0.306 e. The minimum atomic E-state index is -0.695. The van der Waals surface area contributed by atoms with Crippen molar-refractivity contribution in [3.8, 4) is 6.07 Å². The molecule has 14 heavy (non-hydrogen) atoms. The van der Waals surface area contributed by atoms with E-state index in [1.54, 1.807) is 6.92 Å². The summed E-state index contributed by atoms with van der Waals surface area (Å²) in [7, 11) is 0. The van der Waals surface area contributed by atoms with Gasteiger partial charge in [0, 0.05) is 0 Å². The minimum absolute atomic E-state index is 0.190. The molecule has 0 aromatic carbocycles. The monoisotopic (exact) mass is 196 g/mol. The van der Waals surface area contributed by atoms with Gasteiger partial charge in [0.1, 0.15) is 0 Å². The van der Waals surface area contributed by atoms with Gasteiger partial charge in [-0.3, -0.25) is 4.79 Å². The maximum atomic E-state index is 10.8. The van der Waals surface area contributed by atoms with Crippen molar-refractivity contribution in [3.63, 3.8) is 0 Å². The van der Waals surface area contributed by atoms with Crippen LogP contribution in [0.5, 0.6) is 0 Å². The Kier molecular flexibility index (Phi) is 3.90. The Morgan fingerprint density at radius 3 is 3.00 bits per heavy atom. The molecule has 3 atom stereocenters. The van der Waals surface area contributed by atoms with Gasteiger partial charge in [0.2, 0.25) is 0 Å². The Bertz CT molecular complexity index is 247. The Hall–Kier alpha value is -1.08. The average Bonchev–Trinajstić information content (AvgIpc) is 2.62. The second-order valence-corrected chi connectivity index (χ2v) is 3.89. The summed E-state index contributed by atoms with van der Waals surface area (Å²) in [6.45, 7) is 2.43. The average molecular weight is 196 g/mol. The first-order valence-corrected chi connectivity index (χ1v) is 5.01. The van der Waals surface area contributed by atoms with Crippen LogP contribution in [0.2, 0.25) is 0 Å². The van der Waals surface area contributed by atoms with E-state index in [-0.39, 0.29) is 17.9 Å². The van der Waals surface area contributed by atoms with Crippen LogP contribution in [0.15, 0.2) is 0 Å². The van der Waals surface area contributed by atoms with E-state index < -0.39 is 5.97 Å². The molecule has 3 unspecified atom stereocenters. The van der Waals surface area contributed by atoms with Crippen LogP contribution in [0.25, 0.3) is 0 Å². The van der Waals surface area contributed by atoms with Crippen LogP contribution in [0.1, 0.15) is 26.2 Å². The van der Waals surface area contributed by atoms with E-state index in [1.165, 1.54) is 0 Å². The number of nitrogens with one attached hydrogen (secondary N) is 1. The zero-order chi connectivity index (χ0) is 10.6. The summed E-state index contributed by atoms with van der Waals surface area (Å²) in [4.78, 5) is 10.8. The highest BCUT2D eigenvalue weighted by atomic mass is 16.4. The maximum absolute atomic E-state index is 10.8. The number of hydrogen-bond acceptors (Lipinski definition) is 3. The molecule has 4 heteroatoms. The third kappa shape index (κ3) is 2.71. The van der Waals surface area contributed by atoms with Crippen LogP contribution in [0.3, 0.4) is 0 Å². The van der Waals surface area contributed by atoms with E-state index in [0.717, 1.165) is 19.3 Å². The Labute approximate surface area is 83.9 Å². The van der Waals surface area contributed by atoms with Gasteiger partial charge in [-0.2, -0.15) is 5.26 Å². The molecule has 1 rings (SSSR count). The fourth-order valence-corrected chi connectivity index (χ4v) is 1.98. The Morgan fingerprint density at radius 2 is 2.43 bits per heavy atom. The first-order chi connectivity index (χ1) is 6.65. The number of carboxylic acid groups (broad SMARTS) is 1. The van der Waals surface area contributed by atoms with Crippen molar-refractivity contribution < 1.29 is 9.90 Å². The number of nitrogens with zero attached hydrogens (tertiary/aromatic N) is 1. The second kappa shape index (κ2) is 4.97. The number of carboxylic acids is 1. The van der Waals surface area contributed by atoms with Crippen LogP contribution in [0.4, 0.5) is 0 Å². The molecule has 0 bridgehead atoms. The van der Waals surface area contributed by atoms with Crippen LogP contribution in [-0.2, 0) is 4.79 Å². The molecule has 0 spiro atoms. The molecule has 1 fully saturated rings. The SMILES string of the molecule is CC(C#N)NCC1CCCC1C(=O)O. The highest BCUT2D eigenvalue weighted by molar-refractivity contribution is 5.70. The van der Waals surface area contributed by atoms with Crippen molar-refractivity contribution in [2.45, 2.75) is 32.2 Å². The molecule has 0 amide bonds. The van der Waals surface area contributed by atoms with E-state index in [2.05, 4.69) is 11.4 Å². The maximum Gasteiger partial charge on any atom is 0.306 e. The molecule has 1 aliphatic carbocycles. The molecule has 4 nitrogen and oxygen atoms in total. The third-order valence-corrected chi connectivity index (χ3v) is 2.86. The molecule has 0 radical (unpaired) electrons. The van der Waals surface area contributed by atoms with Gasteiger partial charge in [0.15, 0.2) is 0 Å². The van der Waals surface area contributed by atoms with E-state index in [1.807, 2.05) is 0 Å². The largest absolute Gasteiger partial charge is 0.481 e. The number of hydrogen-bond donors (Lipinski definition) is 2. The Morgan fingerprint density at radius 1 is 1.71 bits per heavy atom. The van der Waals surface area contributed by atoms with Gasteiger partial charge in [-0.1, -0.05) is 6.42 Å². The van der Waals surface area contributed by atoms with Gasteiger partial charge >= 0.3 is 5.97 Å². The summed E-state index contributed by atoms with van der Waals surface area (Å²) in [5.41, 5.74) is 0. The van der Waals surface area contributed by atoms with E-state index in [9.17, 15) is 4.79 Å². The Balaban J connectivity index is 2.37. The van der Waals surface area contributed by atoms with Gasteiger partial charge in [-0.15, -0.1) is 0 Å². The van der Waals surface area contributed by atoms with Crippen molar-refractivity contribution in [3.05, 3.63) is 0 Å². The van der Waals surface area contributed by atoms with Gasteiger partial charge in [-0.05, 0) is 32.2 Å². The van der Waals surface area contributed by atoms with Crippen molar-refractivity contribution >= 4 is 5.97 Å². The van der Waals surface area contributed by atoms with Crippen molar-refractivity contribution in [1.82, 2.24) is 5.32 Å². The van der Waals surface area contributed by atoms with Gasteiger partial charge in [0.05, 0.1) is 18.0 Å². The van der Waals surface area contributed by atoms with Crippen molar-refractivity contribution in [2.75, 3.05) is 6.54 Å². The lowest BCUT2D eigenvalue weighted by Gasteiger charge is -2.16. The summed E-state index contributed by atoms with van der Waals surface area (Å²) in [6, 6.07) is 1.88. The van der Waals surface area contributed by atoms with E-state index in [0.29, 0.717) is 6.54 Å². The molecule has 0 aromatic rings. The predicted octanol–water partition coefficient (Wildman–Crippen LogP) is 0.989. The van der Waals surface area contributed by atoms with Gasteiger partial charge in [0.25, 0.3) is 0 Å². The summed E-state index contributed by atoms with van der Waals surface area (Å²) >= 11 is 0. The first kappa shape index (κ1) is 11.0. The zero-order valence-corrected chi connectivity index (χ0v) is 8.36. The van der Waals surface area contributed by atoms with Crippen LogP contribution in [0, 0.1) is 23.2 Å². The predicted molar refractivity (Wildman–Crippen MR) is 51.5 cm³/mol. The zero-order valence-electron chi connectivity index (χ0n) is 8.36. The molecule has 2 N–H and O–H groups in total. The molecule has 0 heterocycles. The lowest BCUT2D eigenvalue weighted by molar-refractivity contribution is -0.142. The topological polar surface area (TPSA) is 73.1 Å². The highest BCUT2D eigenvalue weighted by Gasteiger charge is 2.32. The number of rotatable bonds is 4. The van der Waals surface area contributed by atoms with Crippen molar-refractivity contribution in [2.24, 2.45) is 11.8 Å². The molecular weight excluding hydrogens is 180 g/mol. The third-order valence-electron chi connectivity index (χ3n) is 2.86. The molecule has 0 aromatic heterocycles. The summed E-state index contributed by atoms with van der Waals surface area (Å²) < 4.78 is 0. The summed E-state index contributed by atoms with van der Waals surface area (Å²) in [5, 5.41) is 20.5. The highest BCUT2D eigenvalue weighted by Crippen LogP contribution is 2.31. The lowest BCUT2D eigenvalue weighted by Crippen LogP contribution is -2.33. The fraction of sp³-hybridized carbons (Fsp3) is 0.800. The fourth-order valence-electron chi connectivity index (χ4n) is 1.98. The molecular formula is C10H16N2O2. The molecule has 0 saturated heterocycles. The van der Waals surface area contributed by atoms with Crippen molar-refractivity contribution in [1.29, 1.82) is 5.26 Å². The first-order valence-electron chi connectivity index (χ1n) is 5.01. The summed E-state index contributed by atoms with van der Waals surface area (Å²) in [6.07, 6.45) is 2.73. The van der Waals surface area contributed by atoms with E-state index in [4.69, 9.17) is 10.4 Å². The molecule has 78 valence electrons. The number of nitriles is 1. The quantitative estimate of drug-likeness (QED) is 0.703. The summed E-state index contributed by atoms with van der Waals surface area (Å²) in [5.74, 6) is -0.712. The normalized spacial score (nSPS) is 28.3. The molecule has 0 aliphatic heterocycles. The van der Waals surface area contributed by atoms with Gasteiger partial charge in [-0.25, -0.2) is 0 Å². The minimum Gasteiger partial charge on any atom is -0.481 e.